The van der Waals surface area contributed by atoms with Gasteiger partial charge in [0.1, 0.15) is 5.82 Å². The fourth-order valence-corrected chi connectivity index (χ4v) is 5.12. The molecule has 3 aromatic rings. The van der Waals surface area contributed by atoms with Crippen LogP contribution in [0.3, 0.4) is 0 Å². The Hall–Kier alpha value is -3.39. The Morgan fingerprint density at radius 1 is 1.08 bits per heavy atom. The molecule has 0 saturated carbocycles. The van der Waals surface area contributed by atoms with Crippen LogP contribution in [0.15, 0.2) is 48.7 Å². The molecule has 0 bridgehead atoms. The largest absolute Gasteiger partial charge is 0.383 e. The predicted octanol–water partition coefficient (Wildman–Crippen LogP) is 4.59. The minimum Gasteiger partial charge on any atom is -0.383 e. The Morgan fingerprint density at radius 3 is 2.62 bits per heavy atom. The normalized spacial score (nSPS) is 17.2. The number of fused-ring (bicyclic) bond motifs is 1. The standard InChI is InChI=1S/C29H34F2N4O2/c1-18(2)35-14-4-3-5-26(35)29(37)34-25(17-20-7-10-23(30)24(31)16-20)27(36)11-8-19-6-9-22-21(15-19)12-13-33-28(22)32/h6-7,9-10,12-13,15-16,18,25-26H,3-5,8,11,14,17H2,1-2H3,(H2,32,33)(H,34,37)/t25-,26+/m0/s1. The quantitative estimate of drug-likeness (QED) is 0.442. The average Bonchev–Trinajstić information content (AvgIpc) is 2.89. The zero-order chi connectivity index (χ0) is 26.5. The Bertz CT molecular complexity index is 1280. The van der Waals surface area contributed by atoms with E-state index in [1.807, 2.05) is 24.3 Å². The molecular formula is C29H34F2N4O2. The third kappa shape index (κ3) is 6.49. The number of nitrogen functional groups attached to an aromatic ring is 1. The zero-order valence-corrected chi connectivity index (χ0v) is 21.3. The number of nitrogens with zero attached hydrogens (tertiary/aromatic N) is 2. The third-order valence-corrected chi connectivity index (χ3v) is 7.16. The average molecular weight is 509 g/mol. The van der Waals surface area contributed by atoms with Gasteiger partial charge in [0.15, 0.2) is 17.4 Å². The lowest BCUT2D eigenvalue weighted by atomic mass is 9.95. The van der Waals surface area contributed by atoms with E-state index in [-0.39, 0.29) is 36.6 Å². The van der Waals surface area contributed by atoms with Crippen LogP contribution >= 0.6 is 0 Å². The Balaban J connectivity index is 1.51. The maximum Gasteiger partial charge on any atom is 0.237 e. The molecule has 1 aromatic heterocycles. The molecule has 2 atom stereocenters. The predicted molar refractivity (Wildman–Crippen MR) is 141 cm³/mol. The number of hydrogen-bond acceptors (Lipinski definition) is 5. The van der Waals surface area contributed by atoms with E-state index >= 15 is 0 Å². The number of nitrogens with one attached hydrogen (secondary N) is 1. The van der Waals surface area contributed by atoms with Crippen LogP contribution in [0.5, 0.6) is 0 Å². The number of piperidine rings is 1. The highest BCUT2D eigenvalue weighted by atomic mass is 19.2. The van der Waals surface area contributed by atoms with E-state index in [0.717, 1.165) is 54.3 Å². The van der Waals surface area contributed by atoms with Gasteiger partial charge in [0, 0.05) is 24.0 Å². The van der Waals surface area contributed by atoms with E-state index in [1.54, 1.807) is 6.20 Å². The summed E-state index contributed by atoms with van der Waals surface area (Å²) in [5.41, 5.74) is 7.35. The maximum atomic E-state index is 13.9. The van der Waals surface area contributed by atoms with Gasteiger partial charge >= 0.3 is 0 Å². The smallest absolute Gasteiger partial charge is 0.237 e. The molecule has 0 radical (unpaired) electrons. The second-order valence-corrected chi connectivity index (χ2v) is 10.1. The first-order valence-corrected chi connectivity index (χ1v) is 12.9. The molecule has 3 N–H and O–H groups in total. The topological polar surface area (TPSA) is 88.3 Å². The van der Waals surface area contributed by atoms with Gasteiger partial charge in [-0.3, -0.25) is 14.5 Å². The van der Waals surface area contributed by atoms with Gasteiger partial charge < -0.3 is 11.1 Å². The van der Waals surface area contributed by atoms with Gasteiger partial charge in [-0.05, 0) is 80.8 Å². The van der Waals surface area contributed by atoms with Gasteiger partial charge in [-0.25, -0.2) is 13.8 Å². The van der Waals surface area contributed by atoms with Gasteiger partial charge in [-0.15, -0.1) is 0 Å². The van der Waals surface area contributed by atoms with E-state index in [4.69, 9.17) is 5.73 Å². The van der Waals surface area contributed by atoms with Crippen molar-refractivity contribution in [1.82, 2.24) is 15.2 Å². The van der Waals surface area contributed by atoms with Gasteiger partial charge in [0.2, 0.25) is 5.91 Å². The number of Topliss-reactive ketones (excluding diaryl/α,β-unsaturated/α-hetero) is 1. The van der Waals surface area contributed by atoms with Crippen molar-refractivity contribution < 1.29 is 18.4 Å². The van der Waals surface area contributed by atoms with Crippen molar-refractivity contribution in [3.63, 3.8) is 0 Å². The number of pyridine rings is 1. The number of carbonyl (C=O) groups excluding carboxylic acids is 2. The number of anilines is 1. The number of benzene rings is 2. The summed E-state index contributed by atoms with van der Waals surface area (Å²) in [6, 6.07) is 10.3. The number of likely N-dealkylation sites (tertiary alicyclic amines) is 1. The van der Waals surface area contributed by atoms with Crippen molar-refractivity contribution in [1.29, 1.82) is 0 Å². The van der Waals surface area contributed by atoms with Crippen LogP contribution in [0.4, 0.5) is 14.6 Å². The lowest BCUT2D eigenvalue weighted by molar-refractivity contribution is -0.132. The van der Waals surface area contributed by atoms with Gasteiger partial charge in [0.25, 0.3) is 0 Å². The van der Waals surface area contributed by atoms with Gasteiger partial charge in [-0.2, -0.15) is 0 Å². The molecule has 196 valence electrons. The maximum absolute atomic E-state index is 13.9. The molecule has 1 aliphatic heterocycles. The SMILES string of the molecule is CC(C)N1CCCC[C@@H]1C(=O)N[C@@H](Cc1ccc(F)c(F)c1)C(=O)CCc1ccc2c(N)nccc2c1. The summed E-state index contributed by atoms with van der Waals surface area (Å²) in [5, 5.41) is 4.75. The first kappa shape index (κ1) is 26.7. The molecule has 8 heteroatoms. The van der Waals surface area contributed by atoms with E-state index in [0.29, 0.717) is 17.8 Å². The molecule has 1 amide bonds. The van der Waals surface area contributed by atoms with E-state index in [1.165, 1.54) is 6.07 Å². The molecule has 2 heterocycles. The fourth-order valence-electron chi connectivity index (χ4n) is 5.12. The van der Waals surface area contributed by atoms with Crippen molar-refractivity contribution >= 4 is 28.3 Å². The van der Waals surface area contributed by atoms with Crippen LogP contribution in [0.2, 0.25) is 0 Å². The minimum absolute atomic E-state index is 0.0933. The zero-order valence-electron chi connectivity index (χ0n) is 21.3. The first-order chi connectivity index (χ1) is 17.7. The number of carbonyl (C=O) groups is 2. The van der Waals surface area contributed by atoms with Gasteiger partial charge in [0.05, 0.1) is 12.1 Å². The molecule has 37 heavy (non-hydrogen) atoms. The van der Waals surface area contributed by atoms with E-state index in [9.17, 15) is 18.4 Å². The summed E-state index contributed by atoms with van der Waals surface area (Å²) in [6.07, 6.45) is 5.12. The van der Waals surface area contributed by atoms with Crippen molar-refractivity contribution in [3.8, 4) is 0 Å². The number of rotatable bonds is 9. The van der Waals surface area contributed by atoms with Gasteiger partial charge in [-0.1, -0.05) is 30.7 Å². The highest BCUT2D eigenvalue weighted by Gasteiger charge is 2.32. The summed E-state index contributed by atoms with van der Waals surface area (Å²) in [4.78, 5) is 33.0. The Labute approximate surface area is 216 Å². The highest BCUT2D eigenvalue weighted by Crippen LogP contribution is 2.22. The number of ketones is 1. The van der Waals surface area contributed by atoms with Crippen LogP contribution in [0, 0.1) is 11.6 Å². The molecule has 1 aliphatic rings. The summed E-state index contributed by atoms with van der Waals surface area (Å²) >= 11 is 0. The minimum atomic E-state index is -0.974. The van der Waals surface area contributed by atoms with Crippen LogP contribution in [-0.4, -0.2) is 46.2 Å². The van der Waals surface area contributed by atoms with Crippen molar-refractivity contribution in [3.05, 3.63) is 71.4 Å². The number of aryl methyl sites for hydroxylation is 1. The third-order valence-electron chi connectivity index (χ3n) is 7.16. The summed E-state index contributed by atoms with van der Waals surface area (Å²) in [7, 11) is 0. The van der Waals surface area contributed by atoms with Crippen LogP contribution in [-0.2, 0) is 22.4 Å². The number of hydrogen-bond donors (Lipinski definition) is 2. The van der Waals surface area contributed by atoms with Crippen molar-refractivity contribution in [2.45, 2.75) is 70.5 Å². The number of aromatic nitrogens is 1. The van der Waals surface area contributed by atoms with Crippen molar-refractivity contribution in [2.75, 3.05) is 12.3 Å². The lowest BCUT2D eigenvalue weighted by Gasteiger charge is -2.38. The Morgan fingerprint density at radius 2 is 1.86 bits per heavy atom. The molecule has 6 nitrogen and oxygen atoms in total. The van der Waals surface area contributed by atoms with E-state index < -0.39 is 17.7 Å². The second-order valence-electron chi connectivity index (χ2n) is 10.1. The molecule has 2 aromatic carbocycles. The molecule has 1 saturated heterocycles. The molecule has 0 spiro atoms. The van der Waals surface area contributed by atoms with Crippen molar-refractivity contribution in [2.24, 2.45) is 0 Å². The molecule has 0 unspecified atom stereocenters. The molecule has 1 fully saturated rings. The fraction of sp³-hybridized carbons (Fsp3) is 0.414. The summed E-state index contributed by atoms with van der Waals surface area (Å²) in [5.74, 6) is -1.81. The molecule has 4 rings (SSSR count). The van der Waals surface area contributed by atoms with Crippen LogP contribution in [0.25, 0.3) is 10.8 Å². The molecular weight excluding hydrogens is 474 g/mol. The highest BCUT2D eigenvalue weighted by molar-refractivity contribution is 5.92. The van der Waals surface area contributed by atoms with Crippen LogP contribution in [0.1, 0.15) is 50.7 Å². The summed E-state index contributed by atoms with van der Waals surface area (Å²) in [6.45, 7) is 4.95. The number of nitrogens with two attached hydrogens (primary N) is 1. The number of amides is 1. The monoisotopic (exact) mass is 508 g/mol. The second kappa shape index (κ2) is 11.8. The van der Waals surface area contributed by atoms with E-state index in [2.05, 4.69) is 29.0 Å². The lowest BCUT2D eigenvalue weighted by Crippen LogP contribution is -2.55. The summed E-state index contributed by atoms with van der Waals surface area (Å²) < 4.78 is 27.4. The first-order valence-electron chi connectivity index (χ1n) is 12.9. The molecule has 0 aliphatic carbocycles. The number of halogens is 2. The van der Waals surface area contributed by atoms with Crippen LogP contribution < -0.4 is 11.1 Å². The Kier molecular flexibility index (Phi) is 8.48.